The highest BCUT2D eigenvalue weighted by molar-refractivity contribution is 5.76. The molecule has 0 aromatic rings. The topological polar surface area (TPSA) is 38.8 Å². The fraction of sp³-hybridized carbons (Fsp3) is 0.952. The molecule has 6 unspecified atom stereocenters. The Morgan fingerprint density at radius 3 is 2.12 bits per heavy atom. The van der Waals surface area contributed by atoms with E-state index in [1.54, 1.807) is 0 Å². The van der Waals surface area contributed by atoms with Gasteiger partial charge in [-0.2, -0.15) is 0 Å². The molecule has 25 heavy (non-hydrogen) atoms. The summed E-state index contributed by atoms with van der Waals surface area (Å²) in [5.74, 6) is 1.63. The Kier molecular flexibility index (Phi) is 5.66. The first kappa shape index (κ1) is 17.8. The summed E-state index contributed by atoms with van der Waals surface area (Å²) in [6.45, 7) is 2.88. The average molecular weight is 350 g/mol. The maximum atomic E-state index is 13.0. The number of likely N-dealkylation sites (tertiary alicyclic amines) is 1. The maximum Gasteiger partial charge on any atom is 0.325 e. The van der Waals surface area contributed by atoms with Crippen LogP contribution in [0.2, 0.25) is 0 Å². The van der Waals surface area contributed by atoms with E-state index in [0.717, 1.165) is 44.1 Å². The molecule has 0 aromatic heterocycles. The normalized spacial score (nSPS) is 40.1. The Hall–Kier alpha value is -0.610. The second-order valence-electron chi connectivity index (χ2n) is 8.64. The Balaban J connectivity index is 1.50. The van der Waals surface area contributed by atoms with Crippen molar-refractivity contribution >= 4 is 5.97 Å². The third-order valence-electron chi connectivity index (χ3n) is 7.28. The quantitative estimate of drug-likeness (QED) is 0.711. The molecule has 142 valence electrons. The van der Waals surface area contributed by atoms with Crippen molar-refractivity contribution in [3.63, 3.8) is 0 Å². The van der Waals surface area contributed by atoms with Crippen LogP contribution in [0.15, 0.2) is 0 Å². The lowest BCUT2D eigenvalue weighted by Crippen LogP contribution is -2.51. The molecule has 2 aliphatic heterocycles. The summed E-state index contributed by atoms with van der Waals surface area (Å²) in [5, 5.41) is 0. The summed E-state index contributed by atoms with van der Waals surface area (Å²) in [6.07, 6.45) is 14.3. The molecular weight excluding hydrogens is 314 g/mol. The molecule has 4 aliphatic rings. The summed E-state index contributed by atoms with van der Waals surface area (Å²) >= 11 is 0. The first-order chi connectivity index (χ1) is 12.3. The van der Waals surface area contributed by atoms with Gasteiger partial charge in [-0.05, 0) is 56.8 Å². The third kappa shape index (κ3) is 3.49. The van der Waals surface area contributed by atoms with Crippen molar-refractivity contribution in [3.8, 4) is 0 Å². The number of nitrogens with zero attached hydrogens (tertiary/aromatic N) is 1. The van der Waals surface area contributed by atoms with Crippen molar-refractivity contribution in [1.29, 1.82) is 0 Å². The monoisotopic (exact) mass is 349 g/mol. The van der Waals surface area contributed by atoms with Gasteiger partial charge >= 0.3 is 5.97 Å². The van der Waals surface area contributed by atoms with Gasteiger partial charge in [0.1, 0.15) is 6.04 Å². The number of carbonyl (C=O) groups excluding carboxylic acids is 1. The van der Waals surface area contributed by atoms with Crippen LogP contribution in [0, 0.1) is 11.8 Å². The van der Waals surface area contributed by atoms with Crippen molar-refractivity contribution in [2.24, 2.45) is 11.8 Å². The SMILES string of the molecule is CCC(C(=O)OC1CCCCO1)N1C2CCCCC2C2CCCCC21. The number of fused-ring (bicyclic) bond motifs is 3. The van der Waals surface area contributed by atoms with E-state index in [4.69, 9.17) is 9.47 Å². The Morgan fingerprint density at radius 1 is 0.960 bits per heavy atom. The molecule has 4 heteroatoms. The van der Waals surface area contributed by atoms with Crippen LogP contribution in [0.5, 0.6) is 0 Å². The summed E-state index contributed by atoms with van der Waals surface area (Å²) < 4.78 is 11.5. The largest absolute Gasteiger partial charge is 0.435 e. The van der Waals surface area contributed by atoms with Gasteiger partial charge in [-0.25, -0.2) is 0 Å². The molecule has 0 amide bonds. The van der Waals surface area contributed by atoms with E-state index in [1.165, 1.54) is 51.4 Å². The van der Waals surface area contributed by atoms with Crippen molar-refractivity contribution in [2.45, 2.75) is 108 Å². The van der Waals surface area contributed by atoms with E-state index in [1.807, 2.05) is 0 Å². The molecule has 0 aromatic carbocycles. The van der Waals surface area contributed by atoms with Crippen LogP contribution in [0.3, 0.4) is 0 Å². The number of rotatable bonds is 4. The minimum atomic E-state index is -0.304. The van der Waals surface area contributed by atoms with Gasteiger partial charge in [-0.15, -0.1) is 0 Å². The van der Waals surface area contributed by atoms with Gasteiger partial charge in [0.05, 0.1) is 6.61 Å². The van der Waals surface area contributed by atoms with Gasteiger partial charge in [-0.1, -0.05) is 32.6 Å². The van der Waals surface area contributed by atoms with E-state index >= 15 is 0 Å². The minimum Gasteiger partial charge on any atom is -0.435 e. The molecule has 4 rings (SSSR count). The summed E-state index contributed by atoms with van der Waals surface area (Å²) in [6, 6.07) is 1.17. The molecule has 4 fully saturated rings. The fourth-order valence-electron chi connectivity index (χ4n) is 6.24. The van der Waals surface area contributed by atoms with Gasteiger partial charge in [0.2, 0.25) is 6.29 Å². The first-order valence-electron chi connectivity index (χ1n) is 10.9. The van der Waals surface area contributed by atoms with Crippen LogP contribution in [0.4, 0.5) is 0 Å². The molecule has 2 saturated carbocycles. The molecule has 0 N–H and O–H groups in total. The number of carbonyl (C=O) groups is 1. The average Bonchev–Trinajstić information content (AvgIpc) is 2.98. The lowest BCUT2D eigenvalue weighted by Gasteiger charge is -2.39. The van der Waals surface area contributed by atoms with E-state index < -0.39 is 0 Å². The van der Waals surface area contributed by atoms with Crippen molar-refractivity contribution in [3.05, 3.63) is 0 Å². The van der Waals surface area contributed by atoms with Crippen LogP contribution >= 0.6 is 0 Å². The predicted octanol–water partition coefficient (Wildman–Crippen LogP) is 4.27. The van der Waals surface area contributed by atoms with E-state index in [2.05, 4.69) is 11.8 Å². The molecule has 2 saturated heterocycles. The second kappa shape index (κ2) is 7.96. The molecule has 0 radical (unpaired) electrons. The summed E-state index contributed by atoms with van der Waals surface area (Å²) in [7, 11) is 0. The van der Waals surface area contributed by atoms with Crippen LogP contribution in [0.1, 0.15) is 84.0 Å². The number of esters is 1. The van der Waals surface area contributed by atoms with E-state index in [-0.39, 0.29) is 18.3 Å². The highest BCUT2D eigenvalue weighted by Gasteiger charge is 2.52. The summed E-state index contributed by atoms with van der Waals surface area (Å²) in [4.78, 5) is 15.7. The third-order valence-corrected chi connectivity index (χ3v) is 7.28. The Morgan fingerprint density at radius 2 is 1.56 bits per heavy atom. The van der Waals surface area contributed by atoms with Crippen LogP contribution < -0.4 is 0 Å². The Bertz CT molecular complexity index is 440. The molecule has 2 heterocycles. The standard InChI is InChI=1S/C21H35NO3/c1-2-17(21(23)25-20-13-7-8-14-24-20)22-18-11-5-3-9-15(18)16-10-4-6-12-19(16)22/h15-20H,2-14H2,1H3. The first-order valence-corrected chi connectivity index (χ1v) is 10.9. The van der Waals surface area contributed by atoms with Gasteiger partial charge in [-0.3, -0.25) is 9.69 Å². The van der Waals surface area contributed by atoms with Gasteiger partial charge in [0, 0.05) is 18.5 Å². The summed E-state index contributed by atoms with van der Waals surface area (Å²) in [5.41, 5.74) is 0. The molecule has 4 nitrogen and oxygen atoms in total. The van der Waals surface area contributed by atoms with E-state index in [0.29, 0.717) is 12.1 Å². The predicted molar refractivity (Wildman–Crippen MR) is 97.1 cm³/mol. The van der Waals surface area contributed by atoms with Gasteiger partial charge in [0.15, 0.2) is 0 Å². The highest BCUT2D eigenvalue weighted by Crippen LogP contribution is 2.50. The Labute approximate surface area is 152 Å². The zero-order valence-electron chi connectivity index (χ0n) is 15.8. The molecule has 0 spiro atoms. The lowest BCUT2D eigenvalue weighted by molar-refractivity contribution is -0.193. The smallest absolute Gasteiger partial charge is 0.325 e. The van der Waals surface area contributed by atoms with Crippen LogP contribution in [0.25, 0.3) is 0 Å². The zero-order valence-corrected chi connectivity index (χ0v) is 15.8. The minimum absolute atomic E-state index is 0.0232. The molecule has 0 bridgehead atoms. The number of ether oxygens (including phenoxy) is 2. The maximum absolute atomic E-state index is 13.0. The second-order valence-corrected chi connectivity index (χ2v) is 8.64. The van der Waals surface area contributed by atoms with Crippen molar-refractivity contribution < 1.29 is 14.3 Å². The van der Waals surface area contributed by atoms with Crippen LogP contribution in [-0.2, 0) is 14.3 Å². The van der Waals surface area contributed by atoms with Crippen molar-refractivity contribution in [2.75, 3.05) is 6.61 Å². The van der Waals surface area contributed by atoms with Gasteiger partial charge < -0.3 is 9.47 Å². The van der Waals surface area contributed by atoms with Crippen LogP contribution in [-0.4, -0.2) is 41.9 Å². The molecule has 2 aliphatic carbocycles. The fourth-order valence-corrected chi connectivity index (χ4v) is 6.24. The van der Waals surface area contributed by atoms with E-state index in [9.17, 15) is 4.79 Å². The molecular formula is C21H35NO3. The zero-order chi connectivity index (χ0) is 17.2. The van der Waals surface area contributed by atoms with Gasteiger partial charge in [0.25, 0.3) is 0 Å². The molecule has 6 atom stereocenters. The van der Waals surface area contributed by atoms with Crippen molar-refractivity contribution in [1.82, 2.24) is 4.90 Å². The highest BCUT2D eigenvalue weighted by atomic mass is 16.7. The number of hydrogen-bond donors (Lipinski definition) is 0. The lowest BCUT2D eigenvalue weighted by atomic mass is 9.73. The number of hydrogen-bond acceptors (Lipinski definition) is 4.